The van der Waals surface area contributed by atoms with Crippen molar-refractivity contribution in [1.82, 2.24) is 10.2 Å². The lowest BCUT2D eigenvalue weighted by Crippen LogP contribution is -2.41. The largest absolute Gasteiger partial charge is 0.496 e. The predicted molar refractivity (Wildman–Crippen MR) is 95.1 cm³/mol. The second-order valence-electron chi connectivity index (χ2n) is 6.99. The zero-order valence-electron chi connectivity index (χ0n) is 15.0. The summed E-state index contributed by atoms with van der Waals surface area (Å²) < 4.78 is 5.44. The maximum Gasteiger partial charge on any atom is 0.222 e. The molecule has 0 heterocycles. The van der Waals surface area contributed by atoms with Gasteiger partial charge in [0.1, 0.15) is 5.75 Å². The Kier molecular flexibility index (Phi) is 6.63. The van der Waals surface area contributed by atoms with Crippen LogP contribution in [0.25, 0.3) is 0 Å². The van der Waals surface area contributed by atoms with Crippen LogP contribution < -0.4 is 10.1 Å². The Balaban J connectivity index is 1.97. The first-order valence-corrected chi connectivity index (χ1v) is 8.73. The second-order valence-corrected chi connectivity index (χ2v) is 6.99. The van der Waals surface area contributed by atoms with E-state index in [0.29, 0.717) is 6.54 Å². The van der Waals surface area contributed by atoms with E-state index in [1.165, 1.54) is 0 Å². The molecule has 1 aliphatic carbocycles. The van der Waals surface area contributed by atoms with Gasteiger partial charge in [0.05, 0.1) is 25.2 Å². The van der Waals surface area contributed by atoms with Gasteiger partial charge in [-0.1, -0.05) is 37.5 Å². The van der Waals surface area contributed by atoms with Gasteiger partial charge in [0.25, 0.3) is 0 Å². The quantitative estimate of drug-likeness (QED) is 0.804. The number of rotatable bonds is 7. The molecule has 0 bridgehead atoms. The van der Waals surface area contributed by atoms with Gasteiger partial charge in [-0.3, -0.25) is 4.79 Å². The highest BCUT2D eigenvalue weighted by atomic mass is 16.5. The summed E-state index contributed by atoms with van der Waals surface area (Å²) in [5.74, 6) is 0.734. The van der Waals surface area contributed by atoms with E-state index in [0.717, 1.165) is 43.4 Å². The highest BCUT2D eigenvalue weighted by Gasteiger charge is 2.32. The molecule has 0 radical (unpaired) electrons. The van der Waals surface area contributed by atoms with Crippen molar-refractivity contribution < 1.29 is 14.6 Å². The molecule has 1 fully saturated rings. The number of nitrogens with zero attached hydrogens (tertiary/aromatic N) is 1. The average molecular weight is 334 g/mol. The molecule has 0 saturated heterocycles. The summed E-state index contributed by atoms with van der Waals surface area (Å²) in [5, 5.41) is 13.5. The van der Waals surface area contributed by atoms with Crippen LogP contribution in [0.2, 0.25) is 0 Å². The molecule has 0 aliphatic heterocycles. The van der Waals surface area contributed by atoms with Crippen LogP contribution in [0.4, 0.5) is 0 Å². The molecule has 5 heteroatoms. The number of likely N-dealkylation sites (N-methyl/N-ethyl adjacent to an activating group) is 1. The zero-order valence-corrected chi connectivity index (χ0v) is 15.0. The van der Waals surface area contributed by atoms with Crippen molar-refractivity contribution in [2.75, 3.05) is 27.7 Å². The first kappa shape index (κ1) is 18.7. The molecule has 1 saturated carbocycles. The minimum Gasteiger partial charge on any atom is -0.496 e. The smallest absolute Gasteiger partial charge is 0.222 e. The maximum absolute atomic E-state index is 12.3. The maximum atomic E-state index is 12.3. The number of hydrogen-bond donors (Lipinski definition) is 2. The minimum absolute atomic E-state index is 0.0195. The number of hydrogen-bond acceptors (Lipinski definition) is 4. The van der Waals surface area contributed by atoms with Crippen LogP contribution in [-0.4, -0.2) is 49.3 Å². The topological polar surface area (TPSA) is 61.8 Å². The van der Waals surface area contributed by atoms with Gasteiger partial charge in [0.2, 0.25) is 5.91 Å². The van der Waals surface area contributed by atoms with Gasteiger partial charge < -0.3 is 20.1 Å². The fraction of sp³-hybridized carbons (Fsp3) is 0.632. The van der Waals surface area contributed by atoms with Crippen LogP contribution in [0.15, 0.2) is 24.3 Å². The SMILES string of the molecule is COc1ccccc1C(CNC(=O)CC1(O)CCCCC1)N(C)C. The van der Waals surface area contributed by atoms with Crippen molar-refractivity contribution in [3.8, 4) is 5.75 Å². The highest BCUT2D eigenvalue weighted by Crippen LogP contribution is 2.31. The normalized spacial score (nSPS) is 18.2. The third kappa shape index (κ3) is 4.95. The Morgan fingerprint density at radius 1 is 1.29 bits per heavy atom. The van der Waals surface area contributed by atoms with Crippen LogP contribution in [0.1, 0.15) is 50.1 Å². The first-order chi connectivity index (χ1) is 11.4. The van der Waals surface area contributed by atoms with Crippen LogP contribution in [0.3, 0.4) is 0 Å². The summed E-state index contributed by atoms with van der Waals surface area (Å²) in [6, 6.07) is 7.88. The molecule has 1 unspecified atom stereocenters. The molecule has 1 amide bonds. The number of carbonyl (C=O) groups is 1. The second kappa shape index (κ2) is 8.49. The third-order valence-corrected chi connectivity index (χ3v) is 4.89. The van der Waals surface area contributed by atoms with Crippen molar-refractivity contribution in [2.45, 2.75) is 50.2 Å². The molecule has 1 atom stereocenters. The summed E-state index contributed by atoms with van der Waals surface area (Å²) in [6.07, 6.45) is 4.81. The zero-order chi connectivity index (χ0) is 17.6. The molecule has 0 aromatic heterocycles. The molecular weight excluding hydrogens is 304 g/mol. The average Bonchev–Trinajstić information content (AvgIpc) is 2.55. The molecule has 2 N–H and O–H groups in total. The first-order valence-electron chi connectivity index (χ1n) is 8.73. The number of benzene rings is 1. The van der Waals surface area contributed by atoms with Gasteiger partial charge >= 0.3 is 0 Å². The lowest BCUT2D eigenvalue weighted by molar-refractivity contribution is -0.127. The van der Waals surface area contributed by atoms with Gasteiger partial charge in [0.15, 0.2) is 0 Å². The number of ether oxygens (including phenoxy) is 1. The number of aliphatic hydroxyl groups is 1. The van der Waals surface area contributed by atoms with Gasteiger partial charge in [-0.15, -0.1) is 0 Å². The number of methoxy groups -OCH3 is 1. The van der Waals surface area contributed by atoms with Gasteiger partial charge in [-0.2, -0.15) is 0 Å². The number of para-hydroxylation sites is 1. The fourth-order valence-electron chi connectivity index (χ4n) is 3.47. The summed E-state index contributed by atoms with van der Waals surface area (Å²) in [7, 11) is 5.62. The Morgan fingerprint density at radius 2 is 1.96 bits per heavy atom. The van der Waals surface area contributed by atoms with E-state index >= 15 is 0 Å². The van der Waals surface area contributed by atoms with E-state index in [1.54, 1.807) is 7.11 Å². The fourth-order valence-corrected chi connectivity index (χ4v) is 3.47. The molecule has 1 aromatic rings. The lowest BCUT2D eigenvalue weighted by Gasteiger charge is -2.32. The summed E-state index contributed by atoms with van der Waals surface area (Å²) in [6.45, 7) is 0.488. The Hall–Kier alpha value is -1.59. The molecule has 2 rings (SSSR count). The third-order valence-electron chi connectivity index (χ3n) is 4.89. The molecule has 0 spiro atoms. The van der Waals surface area contributed by atoms with E-state index in [-0.39, 0.29) is 18.4 Å². The Morgan fingerprint density at radius 3 is 2.58 bits per heavy atom. The van der Waals surface area contributed by atoms with E-state index < -0.39 is 5.60 Å². The predicted octanol–water partition coefficient (Wildman–Crippen LogP) is 2.50. The highest BCUT2D eigenvalue weighted by molar-refractivity contribution is 5.77. The van der Waals surface area contributed by atoms with E-state index in [1.807, 2.05) is 38.4 Å². The monoisotopic (exact) mass is 334 g/mol. The molecule has 134 valence electrons. The molecular formula is C19H30N2O3. The minimum atomic E-state index is -0.819. The standard InChI is InChI=1S/C19H30N2O3/c1-21(2)16(15-9-5-6-10-17(15)24-3)14-20-18(22)13-19(23)11-7-4-8-12-19/h5-6,9-10,16,23H,4,7-8,11-14H2,1-3H3,(H,20,22). The molecule has 5 nitrogen and oxygen atoms in total. The molecule has 1 aliphatic rings. The van der Waals surface area contributed by atoms with E-state index in [4.69, 9.17) is 4.74 Å². The molecule has 1 aromatic carbocycles. The van der Waals surface area contributed by atoms with Crippen LogP contribution in [-0.2, 0) is 4.79 Å². The summed E-state index contributed by atoms with van der Waals surface area (Å²) in [5.41, 5.74) is 0.224. The van der Waals surface area contributed by atoms with Gasteiger partial charge in [-0.25, -0.2) is 0 Å². The van der Waals surface area contributed by atoms with Crippen molar-refractivity contribution in [3.63, 3.8) is 0 Å². The summed E-state index contributed by atoms with van der Waals surface area (Å²) in [4.78, 5) is 14.4. The van der Waals surface area contributed by atoms with Crippen molar-refractivity contribution in [3.05, 3.63) is 29.8 Å². The number of carbonyl (C=O) groups excluding carboxylic acids is 1. The van der Waals surface area contributed by atoms with Crippen LogP contribution in [0, 0.1) is 0 Å². The van der Waals surface area contributed by atoms with Crippen molar-refractivity contribution in [2.24, 2.45) is 0 Å². The van der Waals surface area contributed by atoms with Crippen molar-refractivity contribution >= 4 is 5.91 Å². The van der Waals surface area contributed by atoms with Crippen molar-refractivity contribution in [1.29, 1.82) is 0 Å². The van der Waals surface area contributed by atoms with E-state index in [2.05, 4.69) is 10.2 Å². The summed E-state index contributed by atoms with van der Waals surface area (Å²) >= 11 is 0. The van der Waals surface area contributed by atoms with Gasteiger partial charge in [0, 0.05) is 12.1 Å². The number of amides is 1. The van der Waals surface area contributed by atoms with Crippen LogP contribution in [0.5, 0.6) is 5.75 Å². The Labute approximate surface area is 145 Å². The Bertz CT molecular complexity index is 539. The van der Waals surface area contributed by atoms with Crippen LogP contribution >= 0.6 is 0 Å². The molecule has 24 heavy (non-hydrogen) atoms. The van der Waals surface area contributed by atoms with Gasteiger partial charge in [-0.05, 0) is 33.0 Å². The number of nitrogens with one attached hydrogen (secondary N) is 1. The lowest BCUT2D eigenvalue weighted by atomic mass is 9.82. The van der Waals surface area contributed by atoms with E-state index in [9.17, 15) is 9.90 Å².